The number of fused-ring (bicyclic) bond motifs is 2. The lowest BCUT2D eigenvalue weighted by molar-refractivity contribution is 0.814. The monoisotopic (exact) mass is 375 g/mol. The van der Waals surface area contributed by atoms with Crippen molar-refractivity contribution in [3.05, 3.63) is 66.2 Å². The second-order valence-electron chi connectivity index (χ2n) is 6.12. The van der Waals surface area contributed by atoms with E-state index in [2.05, 4.69) is 38.7 Å². The van der Waals surface area contributed by atoms with Gasteiger partial charge in [-0.2, -0.15) is 5.10 Å². The van der Waals surface area contributed by atoms with E-state index in [-0.39, 0.29) is 5.11 Å². The maximum absolute atomic E-state index is 5.42. The van der Waals surface area contributed by atoms with E-state index in [1.165, 1.54) is 0 Å². The van der Waals surface area contributed by atoms with Crippen LogP contribution < -0.4 is 11.2 Å². The number of nitrogens with two attached hydrogens (primary N) is 1. The first-order valence-corrected chi connectivity index (χ1v) is 8.76. The number of nitrogens with zero attached hydrogens (tertiary/aromatic N) is 5. The summed E-state index contributed by atoms with van der Waals surface area (Å²) in [5.74, 6) is 0. The van der Waals surface area contributed by atoms with Crippen molar-refractivity contribution in [3.8, 4) is 0 Å². The molecule has 0 aliphatic heterocycles. The van der Waals surface area contributed by atoms with Gasteiger partial charge in [-0.25, -0.2) is 9.97 Å². The number of pyridine rings is 2. The Morgan fingerprint density at radius 2 is 2.04 bits per heavy atom. The van der Waals surface area contributed by atoms with Gasteiger partial charge >= 0.3 is 0 Å². The van der Waals surface area contributed by atoms with Crippen LogP contribution in [0.3, 0.4) is 0 Å². The predicted molar refractivity (Wildman–Crippen MR) is 111 cm³/mol. The van der Waals surface area contributed by atoms with Gasteiger partial charge in [0, 0.05) is 11.6 Å². The number of benzene rings is 1. The van der Waals surface area contributed by atoms with Crippen molar-refractivity contribution in [2.75, 3.05) is 0 Å². The molecule has 0 amide bonds. The molecule has 4 aromatic rings. The Morgan fingerprint density at radius 3 is 2.89 bits per heavy atom. The highest BCUT2D eigenvalue weighted by atomic mass is 32.1. The maximum atomic E-state index is 5.42. The molecule has 134 valence electrons. The number of aromatic nitrogens is 4. The maximum Gasteiger partial charge on any atom is 0.184 e. The second-order valence-corrected chi connectivity index (χ2v) is 6.56. The van der Waals surface area contributed by atoms with Gasteiger partial charge in [-0.3, -0.25) is 10.4 Å². The molecular weight excluding hydrogens is 358 g/mol. The van der Waals surface area contributed by atoms with Crippen LogP contribution in [0.2, 0.25) is 0 Å². The number of nitrogens with one attached hydrogen (secondary N) is 1. The van der Waals surface area contributed by atoms with Crippen LogP contribution in [-0.4, -0.2) is 30.3 Å². The van der Waals surface area contributed by atoms with Gasteiger partial charge in [0.1, 0.15) is 5.52 Å². The number of hydrogen-bond donors (Lipinski definition) is 2. The Bertz CT molecular complexity index is 1180. The van der Waals surface area contributed by atoms with Crippen molar-refractivity contribution >= 4 is 45.1 Å². The van der Waals surface area contributed by atoms with Gasteiger partial charge in [-0.1, -0.05) is 12.1 Å². The van der Waals surface area contributed by atoms with E-state index in [1.54, 1.807) is 12.5 Å². The fourth-order valence-corrected chi connectivity index (χ4v) is 2.92. The van der Waals surface area contributed by atoms with Crippen LogP contribution in [0.15, 0.2) is 60.1 Å². The molecule has 0 radical (unpaired) electrons. The summed E-state index contributed by atoms with van der Waals surface area (Å²) in [6.45, 7) is 2.51. The lowest BCUT2D eigenvalue weighted by Crippen LogP contribution is -2.25. The van der Waals surface area contributed by atoms with E-state index in [4.69, 9.17) is 22.9 Å². The molecule has 7 nitrogen and oxygen atoms in total. The van der Waals surface area contributed by atoms with Crippen molar-refractivity contribution in [2.24, 2.45) is 10.8 Å². The van der Waals surface area contributed by atoms with E-state index >= 15 is 0 Å². The van der Waals surface area contributed by atoms with Gasteiger partial charge in [0.05, 0.1) is 29.8 Å². The fraction of sp³-hybridized carbons (Fsp3) is 0.105. The summed E-state index contributed by atoms with van der Waals surface area (Å²) in [6.07, 6.45) is 3.60. The van der Waals surface area contributed by atoms with Crippen LogP contribution in [0.4, 0.5) is 0 Å². The molecule has 0 bridgehead atoms. The standard InChI is InChI=1S/C19H17N7S/c1-12(24-25-19(20)27)15-6-7-17-18(23-15)26(11-22-17)10-13-4-5-16-14(9-13)3-2-8-21-16/h2-9,11H,10H2,1H3,(H3,20,25,27)/b24-12+. The summed E-state index contributed by atoms with van der Waals surface area (Å²) < 4.78 is 2.02. The van der Waals surface area contributed by atoms with Crippen LogP contribution in [0.1, 0.15) is 18.2 Å². The number of hydrazone groups is 1. The molecule has 3 N–H and O–H groups in total. The number of rotatable bonds is 4. The van der Waals surface area contributed by atoms with E-state index < -0.39 is 0 Å². The molecule has 0 aliphatic rings. The van der Waals surface area contributed by atoms with Gasteiger partial charge in [-0.05, 0) is 55.0 Å². The fourth-order valence-electron chi connectivity index (χ4n) is 2.87. The zero-order valence-corrected chi connectivity index (χ0v) is 15.4. The molecule has 0 saturated heterocycles. The lowest BCUT2D eigenvalue weighted by Gasteiger charge is -2.07. The minimum Gasteiger partial charge on any atom is -0.375 e. The van der Waals surface area contributed by atoms with Crippen molar-refractivity contribution in [1.29, 1.82) is 0 Å². The smallest absolute Gasteiger partial charge is 0.184 e. The zero-order chi connectivity index (χ0) is 18.8. The normalized spacial score (nSPS) is 11.8. The van der Waals surface area contributed by atoms with Crippen molar-refractivity contribution in [3.63, 3.8) is 0 Å². The number of imidazole rings is 1. The second kappa shape index (κ2) is 7.08. The summed E-state index contributed by atoms with van der Waals surface area (Å²) in [7, 11) is 0. The van der Waals surface area contributed by atoms with Gasteiger partial charge in [0.25, 0.3) is 0 Å². The minimum absolute atomic E-state index is 0.117. The Kier molecular flexibility index (Phi) is 4.47. The first kappa shape index (κ1) is 17.0. The summed E-state index contributed by atoms with van der Waals surface area (Å²) in [5.41, 5.74) is 13.2. The van der Waals surface area contributed by atoms with Crippen LogP contribution in [-0.2, 0) is 6.54 Å². The topological polar surface area (TPSA) is 94.0 Å². The molecule has 0 unspecified atom stereocenters. The van der Waals surface area contributed by atoms with Crippen molar-refractivity contribution < 1.29 is 0 Å². The SMILES string of the molecule is C/C(=N\NC(N)=S)c1ccc2ncn(Cc3ccc4ncccc4c3)c2n1. The average Bonchev–Trinajstić information content (AvgIpc) is 3.08. The number of hydrogen-bond acceptors (Lipinski definition) is 5. The highest BCUT2D eigenvalue weighted by Gasteiger charge is 2.08. The Morgan fingerprint density at radius 1 is 1.19 bits per heavy atom. The summed E-state index contributed by atoms with van der Waals surface area (Å²) in [5, 5.41) is 5.36. The quantitative estimate of drug-likeness (QED) is 0.323. The van der Waals surface area contributed by atoms with E-state index in [0.717, 1.165) is 33.3 Å². The highest BCUT2D eigenvalue weighted by molar-refractivity contribution is 7.80. The van der Waals surface area contributed by atoms with E-state index in [9.17, 15) is 0 Å². The van der Waals surface area contributed by atoms with Crippen LogP contribution in [0.5, 0.6) is 0 Å². The molecule has 27 heavy (non-hydrogen) atoms. The lowest BCUT2D eigenvalue weighted by atomic mass is 10.1. The van der Waals surface area contributed by atoms with Gasteiger partial charge in [0.2, 0.25) is 0 Å². The van der Waals surface area contributed by atoms with E-state index in [0.29, 0.717) is 12.3 Å². The Labute approximate surface area is 161 Å². The third-order valence-electron chi connectivity index (χ3n) is 4.19. The summed E-state index contributed by atoms with van der Waals surface area (Å²) in [6, 6.07) is 14.0. The Hall–Kier alpha value is -3.39. The molecule has 4 rings (SSSR count). The summed E-state index contributed by atoms with van der Waals surface area (Å²) >= 11 is 4.77. The summed E-state index contributed by atoms with van der Waals surface area (Å²) in [4.78, 5) is 13.5. The van der Waals surface area contributed by atoms with Gasteiger partial charge in [-0.15, -0.1) is 0 Å². The average molecular weight is 375 g/mol. The van der Waals surface area contributed by atoms with Gasteiger partial charge < -0.3 is 10.3 Å². The first-order valence-electron chi connectivity index (χ1n) is 8.36. The van der Waals surface area contributed by atoms with Crippen LogP contribution >= 0.6 is 12.2 Å². The molecule has 0 fully saturated rings. The third-order valence-corrected chi connectivity index (χ3v) is 4.28. The molecular formula is C19H17N7S. The molecule has 0 atom stereocenters. The van der Waals surface area contributed by atoms with Crippen LogP contribution in [0, 0.1) is 0 Å². The third kappa shape index (κ3) is 3.61. The van der Waals surface area contributed by atoms with E-state index in [1.807, 2.05) is 35.8 Å². The highest BCUT2D eigenvalue weighted by Crippen LogP contribution is 2.17. The largest absolute Gasteiger partial charge is 0.375 e. The van der Waals surface area contributed by atoms with Gasteiger partial charge in [0.15, 0.2) is 10.8 Å². The first-order chi connectivity index (χ1) is 13.1. The predicted octanol–water partition coefficient (Wildman–Crippen LogP) is 2.59. The number of thiocarbonyl (C=S) groups is 1. The molecule has 3 heterocycles. The molecule has 0 saturated carbocycles. The molecule has 0 aliphatic carbocycles. The van der Waals surface area contributed by atoms with Crippen LogP contribution in [0.25, 0.3) is 22.1 Å². The molecule has 8 heteroatoms. The van der Waals surface area contributed by atoms with Crippen molar-refractivity contribution in [1.82, 2.24) is 24.9 Å². The minimum atomic E-state index is 0.117. The molecule has 3 aromatic heterocycles. The molecule has 0 spiro atoms. The Balaban J connectivity index is 1.67. The zero-order valence-electron chi connectivity index (χ0n) is 14.6. The van der Waals surface area contributed by atoms with Crippen molar-refractivity contribution in [2.45, 2.75) is 13.5 Å². The molecule has 1 aromatic carbocycles.